The van der Waals surface area contributed by atoms with Crippen molar-refractivity contribution in [3.63, 3.8) is 0 Å². The maximum atomic E-state index is 12.6. The van der Waals surface area contributed by atoms with Gasteiger partial charge in [0.05, 0.1) is 11.0 Å². The zero-order valence-electron chi connectivity index (χ0n) is 18.5. The van der Waals surface area contributed by atoms with Gasteiger partial charge in [0.2, 0.25) is 5.91 Å². The number of carbonyl (C=O) groups is 1. The lowest BCUT2D eigenvalue weighted by atomic mass is 10.0. The first kappa shape index (κ1) is 21.4. The van der Waals surface area contributed by atoms with Gasteiger partial charge in [0, 0.05) is 39.1 Å². The molecule has 2 aromatic carbocycles. The van der Waals surface area contributed by atoms with E-state index in [0.717, 1.165) is 29.7 Å². The summed E-state index contributed by atoms with van der Waals surface area (Å²) in [5, 5.41) is 3.05. The smallest absolute Gasteiger partial charge is 0.328 e. The van der Waals surface area contributed by atoms with Gasteiger partial charge in [-0.3, -0.25) is 18.8 Å². The molecule has 1 aliphatic heterocycles. The molecule has 4 rings (SSSR count). The van der Waals surface area contributed by atoms with E-state index in [-0.39, 0.29) is 18.0 Å². The molecule has 0 radical (unpaired) electrons. The largest absolute Gasteiger partial charge is 0.352 e. The van der Waals surface area contributed by atoms with Crippen LogP contribution in [-0.4, -0.2) is 32.5 Å². The minimum Gasteiger partial charge on any atom is -0.352 e. The maximum absolute atomic E-state index is 12.6. The van der Waals surface area contributed by atoms with E-state index in [9.17, 15) is 9.59 Å². The molecule has 3 aromatic rings. The highest BCUT2D eigenvalue weighted by molar-refractivity contribution is 5.78. The second-order valence-electron chi connectivity index (χ2n) is 8.59. The summed E-state index contributed by atoms with van der Waals surface area (Å²) < 4.78 is 3.31. The molecule has 1 N–H and O–H groups in total. The number of aromatic nitrogens is 2. The Bertz CT molecular complexity index is 1110. The molecule has 1 fully saturated rings. The molecule has 0 saturated carbocycles. The molecular formula is C25H32N4O2. The van der Waals surface area contributed by atoms with Crippen LogP contribution in [-0.2, 0) is 31.5 Å². The van der Waals surface area contributed by atoms with E-state index in [1.54, 1.807) is 16.2 Å². The third-order valence-electron chi connectivity index (χ3n) is 6.52. The van der Waals surface area contributed by atoms with Gasteiger partial charge in [-0.2, -0.15) is 0 Å². The van der Waals surface area contributed by atoms with E-state index >= 15 is 0 Å². The average molecular weight is 421 g/mol. The molecule has 1 saturated heterocycles. The SMILES string of the molecule is CC1CCCCN1Cc1ccccc1CNC(=O)CCn1c(=O)n(C)c2ccccc21. The van der Waals surface area contributed by atoms with Gasteiger partial charge in [0.15, 0.2) is 0 Å². The highest BCUT2D eigenvalue weighted by atomic mass is 16.2. The number of imidazole rings is 1. The van der Waals surface area contributed by atoms with Crippen LogP contribution < -0.4 is 11.0 Å². The molecule has 1 atom stereocenters. The summed E-state index contributed by atoms with van der Waals surface area (Å²) in [6, 6.07) is 16.6. The lowest BCUT2D eigenvalue weighted by Gasteiger charge is -2.33. The van der Waals surface area contributed by atoms with Gasteiger partial charge in [0.25, 0.3) is 0 Å². The monoisotopic (exact) mass is 420 g/mol. The summed E-state index contributed by atoms with van der Waals surface area (Å²) in [6.07, 6.45) is 4.11. The Morgan fingerprint density at radius 2 is 1.74 bits per heavy atom. The zero-order chi connectivity index (χ0) is 21.8. The second kappa shape index (κ2) is 9.52. The van der Waals surface area contributed by atoms with Crippen LogP contribution in [0.1, 0.15) is 43.7 Å². The van der Waals surface area contributed by atoms with E-state index in [1.807, 2.05) is 30.3 Å². The number of aryl methyl sites for hydroxylation is 2. The first-order valence-electron chi connectivity index (χ1n) is 11.3. The van der Waals surface area contributed by atoms with Crippen LogP contribution in [0.15, 0.2) is 53.3 Å². The number of carbonyl (C=O) groups excluding carboxylic acids is 1. The molecule has 0 spiro atoms. The Balaban J connectivity index is 1.37. The van der Waals surface area contributed by atoms with Crippen molar-refractivity contribution in [3.05, 3.63) is 70.1 Å². The molecule has 31 heavy (non-hydrogen) atoms. The molecule has 1 aliphatic rings. The molecule has 1 amide bonds. The molecule has 6 heteroatoms. The summed E-state index contributed by atoms with van der Waals surface area (Å²) in [4.78, 5) is 27.6. The van der Waals surface area contributed by atoms with E-state index < -0.39 is 0 Å². The van der Waals surface area contributed by atoms with Crippen molar-refractivity contribution in [2.24, 2.45) is 7.05 Å². The van der Waals surface area contributed by atoms with Crippen LogP contribution in [0.3, 0.4) is 0 Å². The van der Waals surface area contributed by atoms with Crippen molar-refractivity contribution in [3.8, 4) is 0 Å². The fraction of sp³-hybridized carbons (Fsp3) is 0.440. The molecule has 6 nitrogen and oxygen atoms in total. The number of nitrogens with zero attached hydrogens (tertiary/aromatic N) is 3. The number of amides is 1. The van der Waals surface area contributed by atoms with Gasteiger partial charge in [-0.1, -0.05) is 42.8 Å². The molecule has 1 aromatic heterocycles. The van der Waals surface area contributed by atoms with Gasteiger partial charge < -0.3 is 5.32 Å². The predicted octanol–water partition coefficient (Wildman–Crippen LogP) is 3.42. The van der Waals surface area contributed by atoms with Crippen molar-refractivity contribution in [1.29, 1.82) is 0 Å². The minimum atomic E-state index is -0.0880. The van der Waals surface area contributed by atoms with Crippen LogP contribution in [0.25, 0.3) is 11.0 Å². The zero-order valence-corrected chi connectivity index (χ0v) is 18.5. The fourth-order valence-corrected chi connectivity index (χ4v) is 4.57. The quantitative estimate of drug-likeness (QED) is 0.637. The Morgan fingerprint density at radius 3 is 2.52 bits per heavy atom. The maximum Gasteiger partial charge on any atom is 0.328 e. The summed E-state index contributed by atoms with van der Waals surface area (Å²) in [5.41, 5.74) is 4.10. The minimum absolute atomic E-state index is 0.0408. The third-order valence-corrected chi connectivity index (χ3v) is 6.52. The summed E-state index contributed by atoms with van der Waals surface area (Å²) in [6.45, 7) is 5.26. The number of benzene rings is 2. The van der Waals surface area contributed by atoms with Crippen LogP contribution in [0, 0.1) is 0 Å². The predicted molar refractivity (Wildman–Crippen MR) is 124 cm³/mol. The number of likely N-dealkylation sites (tertiary alicyclic amines) is 1. The number of rotatable bonds is 7. The normalized spacial score (nSPS) is 17.2. The molecule has 2 heterocycles. The molecule has 0 aliphatic carbocycles. The highest BCUT2D eigenvalue weighted by Gasteiger charge is 2.19. The molecule has 1 unspecified atom stereocenters. The van der Waals surface area contributed by atoms with Crippen LogP contribution >= 0.6 is 0 Å². The van der Waals surface area contributed by atoms with E-state index in [0.29, 0.717) is 19.1 Å². The van der Waals surface area contributed by atoms with Crippen LogP contribution in [0.4, 0.5) is 0 Å². The standard InChI is InChI=1S/C25H32N4O2/c1-19-9-7-8-15-28(19)18-21-11-4-3-10-20(21)17-26-24(30)14-16-29-23-13-6-5-12-22(23)27(2)25(29)31/h3-6,10-13,19H,7-9,14-18H2,1-2H3,(H,26,30). The van der Waals surface area contributed by atoms with E-state index in [2.05, 4.69) is 35.3 Å². The van der Waals surface area contributed by atoms with Crippen LogP contribution in [0.5, 0.6) is 0 Å². The fourth-order valence-electron chi connectivity index (χ4n) is 4.57. The van der Waals surface area contributed by atoms with Crippen molar-refractivity contribution < 1.29 is 4.79 Å². The Labute approximate surface area is 183 Å². The van der Waals surface area contributed by atoms with E-state index in [1.165, 1.54) is 24.8 Å². The van der Waals surface area contributed by atoms with Gasteiger partial charge in [-0.15, -0.1) is 0 Å². The second-order valence-corrected chi connectivity index (χ2v) is 8.59. The molecule has 164 valence electrons. The lowest BCUT2D eigenvalue weighted by Crippen LogP contribution is -2.37. The molecular weight excluding hydrogens is 388 g/mol. The Kier molecular flexibility index (Phi) is 6.56. The number of fused-ring (bicyclic) bond motifs is 1. The van der Waals surface area contributed by atoms with Gasteiger partial charge in [0.1, 0.15) is 0 Å². The Morgan fingerprint density at radius 1 is 1.03 bits per heavy atom. The number of nitrogens with one attached hydrogen (secondary N) is 1. The Hall–Kier alpha value is -2.86. The number of hydrogen-bond donors (Lipinski definition) is 1. The van der Waals surface area contributed by atoms with Crippen molar-refractivity contribution in [2.75, 3.05) is 6.54 Å². The lowest BCUT2D eigenvalue weighted by molar-refractivity contribution is -0.121. The average Bonchev–Trinajstić information content (AvgIpc) is 3.03. The summed E-state index contributed by atoms with van der Waals surface area (Å²) in [5.74, 6) is -0.0408. The number of piperidine rings is 1. The first-order chi connectivity index (χ1) is 15.0. The van der Waals surface area contributed by atoms with Crippen molar-refractivity contribution >= 4 is 16.9 Å². The summed E-state index contributed by atoms with van der Waals surface area (Å²) in [7, 11) is 1.77. The van der Waals surface area contributed by atoms with Gasteiger partial charge in [-0.25, -0.2) is 4.79 Å². The molecule has 0 bridgehead atoms. The highest BCUT2D eigenvalue weighted by Crippen LogP contribution is 2.21. The number of para-hydroxylation sites is 2. The van der Waals surface area contributed by atoms with Crippen LogP contribution in [0.2, 0.25) is 0 Å². The van der Waals surface area contributed by atoms with Crippen molar-refractivity contribution in [2.45, 2.75) is 58.3 Å². The van der Waals surface area contributed by atoms with Crippen molar-refractivity contribution in [1.82, 2.24) is 19.4 Å². The topological polar surface area (TPSA) is 59.3 Å². The first-order valence-corrected chi connectivity index (χ1v) is 11.3. The van der Waals surface area contributed by atoms with E-state index in [4.69, 9.17) is 0 Å². The number of hydrogen-bond acceptors (Lipinski definition) is 3. The van der Waals surface area contributed by atoms with Gasteiger partial charge in [-0.05, 0) is 49.6 Å². The van der Waals surface area contributed by atoms with Gasteiger partial charge >= 0.3 is 5.69 Å². The third kappa shape index (κ3) is 4.74. The summed E-state index contributed by atoms with van der Waals surface area (Å²) >= 11 is 0.